The molecule has 8 heteroatoms. The lowest BCUT2D eigenvalue weighted by Gasteiger charge is -2.26. The largest absolute Gasteiger partial charge is 0.378 e. The Morgan fingerprint density at radius 3 is 2.76 bits per heavy atom. The average molecular weight is 283 g/mol. The highest BCUT2D eigenvalue weighted by Crippen LogP contribution is 2.19. The van der Waals surface area contributed by atoms with E-state index < -0.39 is 0 Å². The van der Waals surface area contributed by atoms with Gasteiger partial charge in [0.25, 0.3) is 0 Å². The van der Waals surface area contributed by atoms with Gasteiger partial charge in [-0.2, -0.15) is 20.2 Å². The Bertz CT molecular complexity index is 691. The van der Waals surface area contributed by atoms with Gasteiger partial charge in [0.15, 0.2) is 5.82 Å². The van der Waals surface area contributed by atoms with Crippen molar-refractivity contribution in [2.24, 2.45) is 0 Å². The lowest BCUT2D eigenvalue weighted by Crippen LogP contribution is -2.37. The second kappa shape index (κ2) is 5.68. The molecule has 3 rings (SSSR count). The second-order valence-corrected chi connectivity index (χ2v) is 4.49. The fourth-order valence-electron chi connectivity index (χ4n) is 2.04. The molecule has 0 saturated carbocycles. The molecule has 1 aliphatic heterocycles. The molecule has 2 N–H and O–H groups in total. The molecule has 2 aromatic heterocycles. The van der Waals surface area contributed by atoms with Crippen molar-refractivity contribution in [2.45, 2.75) is 0 Å². The Kier molecular flexibility index (Phi) is 3.57. The van der Waals surface area contributed by atoms with Crippen LogP contribution >= 0.6 is 0 Å². The zero-order valence-electron chi connectivity index (χ0n) is 11.2. The molecule has 0 aliphatic carbocycles. The summed E-state index contributed by atoms with van der Waals surface area (Å²) in [5.41, 5.74) is 6.85. The average Bonchev–Trinajstić information content (AvgIpc) is 2.55. The number of nitrogens with two attached hydrogens (primary N) is 1. The van der Waals surface area contributed by atoms with Crippen molar-refractivity contribution in [2.75, 3.05) is 36.9 Å². The molecule has 0 aromatic carbocycles. The number of ether oxygens (including phenoxy) is 1. The quantitative estimate of drug-likeness (QED) is 0.832. The molecular formula is C13H13N7O. The van der Waals surface area contributed by atoms with Crippen LogP contribution in [0.3, 0.4) is 0 Å². The molecule has 0 atom stereocenters. The van der Waals surface area contributed by atoms with Crippen LogP contribution in [0.1, 0.15) is 5.56 Å². The maximum absolute atomic E-state index is 8.93. The van der Waals surface area contributed by atoms with E-state index in [-0.39, 0.29) is 5.95 Å². The number of rotatable bonds is 2. The van der Waals surface area contributed by atoms with Crippen LogP contribution < -0.4 is 10.6 Å². The van der Waals surface area contributed by atoms with Gasteiger partial charge in [0.1, 0.15) is 6.07 Å². The maximum atomic E-state index is 8.93. The zero-order valence-corrected chi connectivity index (χ0v) is 11.2. The van der Waals surface area contributed by atoms with Crippen molar-refractivity contribution < 1.29 is 4.74 Å². The molecule has 21 heavy (non-hydrogen) atoms. The van der Waals surface area contributed by atoms with Gasteiger partial charge in [0, 0.05) is 31.0 Å². The number of hydrogen-bond acceptors (Lipinski definition) is 8. The van der Waals surface area contributed by atoms with Gasteiger partial charge in [-0.05, 0) is 6.07 Å². The van der Waals surface area contributed by atoms with Gasteiger partial charge < -0.3 is 15.4 Å². The summed E-state index contributed by atoms with van der Waals surface area (Å²) in [6.07, 6.45) is 3.08. The van der Waals surface area contributed by atoms with Crippen LogP contribution in [0.2, 0.25) is 0 Å². The van der Waals surface area contributed by atoms with Crippen LogP contribution in [0.15, 0.2) is 18.5 Å². The van der Waals surface area contributed by atoms with Crippen molar-refractivity contribution >= 4 is 11.9 Å². The summed E-state index contributed by atoms with van der Waals surface area (Å²) in [4.78, 5) is 18.7. The standard InChI is InChI=1S/C13H13N7O/c14-6-9-5-10(8-16-7-9)11-17-12(15)19-13(18-11)20-1-3-21-4-2-20/h5,7-8H,1-4H2,(H2,15,17,18,19). The smallest absolute Gasteiger partial charge is 0.230 e. The van der Waals surface area contributed by atoms with Crippen molar-refractivity contribution in [1.29, 1.82) is 5.26 Å². The molecule has 1 aliphatic rings. The third-order valence-electron chi connectivity index (χ3n) is 3.06. The molecule has 3 heterocycles. The van der Waals surface area contributed by atoms with E-state index in [4.69, 9.17) is 15.7 Å². The lowest BCUT2D eigenvalue weighted by molar-refractivity contribution is 0.122. The first-order valence-corrected chi connectivity index (χ1v) is 6.46. The van der Waals surface area contributed by atoms with E-state index in [9.17, 15) is 0 Å². The summed E-state index contributed by atoms with van der Waals surface area (Å²) < 4.78 is 5.31. The first-order valence-electron chi connectivity index (χ1n) is 6.46. The minimum atomic E-state index is 0.142. The normalized spacial score (nSPS) is 14.7. The molecule has 0 amide bonds. The maximum Gasteiger partial charge on any atom is 0.230 e. The Morgan fingerprint density at radius 2 is 2.00 bits per heavy atom. The molecule has 106 valence electrons. The predicted molar refractivity (Wildman–Crippen MR) is 75.2 cm³/mol. The summed E-state index contributed by atoms with van der Waals surface area (Å²) in [5.74, 6) is 1.07. The third-order valence-corrected chi connectivity index (χ3v) is 3.06. The van der Waals surface area contributed by atoms with E-state index in [1.165, 1.54) is 6.20 Å². The lowest BCUT2D eigenvalue weighted by atomic mass is 10.2. The Balaban J connectivity index is 1.98. The minimum absolute atomic E-state index is 0.142. The number of nitrogen functional groups attached to an aromatic ring is 1. The summed E-state index contributed by atoms with van der Waals surface area (Å²) in [5, 5.41) is 8.93. The summed E-state index contributed by atoms with van der Waals surface area (Å²) in [6.45, 7) is 2.68. The van der Waals surface area contributed by atoms with Crippen molar-refractivity contribution in [3.05, 3.63) is 24.0 Å². The number of anilines is 2. The molecule has 0 bridgehead atoms. The summed E-state index contributed by atoms with van der Waals surface area (Å²) in [6, 6.07) is 3.71. The van der Waals surface area contributed by atoms with Crippen molar-refractivity contribution in [3.8, 4) is 17.5 Å². The number of morpholine rings is 1. The van der Waals surface area contributed by atoms with Gasteiger partial charge in [-0.3, -0.25) is 4.98 Å². The Labute approximate surface area is 121 Å². The zero-order chi connectivity index (χ0) is 14.7. The van der Waals surface area contributed by atoms with Crippen LogP contribution in [0.25, 0.3) is 11.4 Å². The highest BCUT2D eigenvalue weighted by molar-refractivity contribution is 5.58. The van der Waals surface area contributed by atoms with E-state index in [2.05, 4.69) is 19.9 Å². The van der Waals surface area contributed by atoms with Gasteiger partial charge in [-0.1, -0.05) is 0 Å². The Hall–Kier alpha value is -2.79. The highest BCUT2D eigenvalue weighted by Gasteiger charge is 2.16. The van der Waals surface area contributed by atoms with Gasteiger partial charge in [-0.15, -0.1) is 0 Å². The Morgan fingerprint density at radius 1 is 1.19 bits per heavy atom. The molecule has 0 spiro atoms. The topological polar surface area (TPSA) is 114 Å². The molecule has 8 nitrogen and oxygen atoms in total. The fourth-order valence-corrected chi connectivity index (χ4v) is 2.04. The first-order chi connectivity index (χ1) is 10.3. The molecule has 0 unspecified atom stereocenters. The van der Waals surface area contributed by atoms with E-state index in [1.54, 1.807) is 12.3 Å². The van der Waals surface area contributed by atoms with Crippen LogP contribution in [0, 0.1) is 11.3 Å². The van der Waals surface area contributed by atoms with Crippen LogP contribution in [-0.2, 0) is 4.74 Å². The number of hydrogen-bond donors (Lipinski definition) is 1. The fraction of sp³-hybridized carbons (Fsp3) is 0.308. The third kappa shape index (κ3) is 2.88. The van der Waals surface area contributed by atoms with Gasteiger partial charge in [0.2, 0.25) is 11.9 Å². The molecule has 1 saturated heterocycles. The molecule has 0 radical (unpaired) electrons. The summed E-state index contributed by atoms with van der Waals surface area (Å²) in [7, 11) is 0. The SMILES string of the molecule is N#Cc1cncc(-c2nc(N)nc(N3CCOCC3)n2)c1. The van der Waals surface area contributed by atoms with Gasteiger partial charge >= 0.3 is 0 Å². The van der Waals surface area contributed by atoms with Crippen molar-refractivity contribution in [1.82, 2.24) is 19.9 Å². The minimum Gasteiger partial charge on any atom is -0.378 e. The second-order valence-electron chi connectivity index (χ2n) is 4.49. The van der Waals surface area contributed by atoms with E-state index >= 15 is 0 Å². The number of aromatic nitrogens is 4. The van der Waals surface area contributed by atoms with E-state index in [0.29, 0.717) is 49.2 Å². The monoisotopic (exact) mass is 283 g/mol. The summed E-state index contributed by atoms with van der Waals surface area (Å²) >= 11 is 0. The molecular weight excluding hydrogens is 270 g/mol. The van der Waals surface area contributed by atoms with Crippen LogP contribution in [0.5, 0.6) is 0 Å². The van der Waals surface area contributed by atoms with E-state index in [1.807, 2.05) is 11.0 Å². The molecule has 1 fully saturated rings. The van der Waals surface area contributed by atoms with E-state index in [0.717, 1.165) is 0 Å². The van der Waals surface area contributed by atoms with Crippen molar-refractivity contribution in [3.63, 3.8) is 0 Å². The van der Waals surface area contributed by atoms with Gasteiger partial charge in [0.05, 0.1) is 18.8 Å². The van der Waals surface area contributed by atoms with Crippen LogP contribution in [0.4, 0.5) is 11.9 Å². The number of pyridine rings is 1. The number of nitrogens with zero attached hydrogens (tertiary/aromatic N) is 6. The highest BCUT2D eigenvalue weighted by atomic mass is 16.5. The molecule has 2 aromatic rings. The number of nitriles is 1. The predicted octanol–water partition coefficient (Wildman–Crippen LogP) is 0.224. The van der Waals surface area contributed by atoms with Gasteiger partial charge in [-0.25, -0.2) is 0 Å². The first kappa shape index (κ1) is 13.2. The van der Waals surface area contributed by atoms with Crippen LogP contribution in [-0.4, -0.2) is 46.2 Å².